The van der Waals surface area contributed by atoms with Gasteiger partial charge in [0, 0.05) is 31.9 Å². The molecule has 1 aliphatic rings. The molecule has 1 aromatic carbocycles. The molecule has 0 aliphatic carbocycles. The Morgan fingerprint density at radius 3 is 2.62 bits per heavy atom. The third-order valence-electron chi connectivity index (χ3n) is 5.63. The minimum Gasteiger partial charge on any atom is -0.493 e. The zero-order chi connectivity index (χ0) is 20.2. The number of pyridine rings is 1. The van der Waals surface area contributed by atoms with Crippen molar-refractivity contribution >= 4 is 11.6 Å². The number of carbonyl (C=O) groups excluding carboxylic acids is 1. The first-order valence-corrected chi connectivity index (χ1v) is 10.3. The molecular formula is C23H28N4O2. The summed E-state index contributed by atoms with van der Waals surface area (Å²) in [5.74, 6) is 0.625. The first kappa shape index (κ1) is 19.5. The molecule has 6 heteroatoms. The summed E-state index contributed by atoms with van der Waals surface area (Å²) in [4.78, 5) is 20.2. The fraction of sp³-hybridized carbons (Fsp3) is 0.391. The molecule has 152 valence electrons. The number of carbonyl (C=O) groups is 1. The first-order valence-electron chi connectivity index (χ1n) is 10.3. The Bertz CT molecular complexity index is 975. The van der Waals surface area contributed by atoms with Crippen molar-refractivity contribution in [2.45, 2.75) is 38.8 Å². The zero-order valence-corrected chi connectivity index (χ0v) is 17.1. The molecule has 0 spiro atoms. The van der Waals surface area contributed by atoms with Gasteiger partial charge in [-0.15, -0.1) is 0 Å². The lowest BCUT2D eigenvalue weighted by atomic mass is 10.0. The lowest BCUT2D eigenvalue weighted by molar-refractivity contribution is 0.0902. The molecule has 0 unspecified atom stereocenters. The predicted molar refractivity (Wildman–Crippen MR) is 113 cm³/mol. The van der Waals surface area contributed by atoms with Gasteiger partial charge in [-0.3, -0.25) is 14.1 Å². The third-order valence-corrected chi connectivity index (χ3v) is 5.63. The van der Waals surface area contributed by atoms with Gasteiger partial charge in [-0.05, 0) is 37.0 Å². The summed E-state index contributed by atoms with van der Waals surface area (Å²) in [6, 6.07) is 14.5. The van der Waals surface area contributed by atoms with Crippen LogP contribution in [0, 0.1) is 0 Å². The lowest BCUT2D eigenvalue weighted by Gasteiger charge is -2.32. The molecule has 4 rings (SSSR count). The van der Waals surface area contributed by atoms with Crippen LogP contribution in [0.1, 0.15) is 41.5 Å². The van der Waals surface area contributed by atoms with E-state index in [-0.39, 0.29) is 11.9 Å². The van der Waals surface area contributed by atoms with E-state index in [1.165, 1.54) is 5.56 Å². The highest BCUT2D eigenvalue weighted by atomic mass is 16.5. The molecule has 1 fully saturated rings. The quantitative estimate of drug-likeness (QED) is 0.699. The van der Waals surface area contributed by atoms with E-state index in [2.05, 4.69) is 39.5 Å². The first-order chi connectivity index (χ1) is 14.2. The maximum atomic E-state index is 13.1. The van der Waals surface area contributed by atoms with E-state index in [4.69, 9.17) is 4.74 Å². The fourth-order valence-electron chi connectivity index (χ4n) is 4.07. The van der Waals surface area contributed by atoms with Gasteiger partial charge in [-0.25, -0.2) is 4.98 Å². The normalized spacial score (nSPS) is 15.5. The van der Waals surface area contributed by atoms with E-state index in [9.17, 15) is 4.79 Å². The van der Waals surface area contributed by atoms with Crippen LogP contribution < -0.4 is 10.1 Å². The van der Waals surface area contributed by atoms with Crippen LogP contribution >= 0.6 is 0 Å². The number of aryl methyl sites for hydroxylation is 1. The van der Waals surface area contributed by atoms with E-state index in [1.807, 2.05) is 35.7 Å². The largest absolute Gasteiger partial charge is 0.493 e. The second-order valence-corrected chi connectivity index (χ2v) is 7.54. The van der Waals surface area contributed by atoms with Crippen LogP contribution in [0.3, 0.4) is 0 Å². The number of piperidine rings is 1. The molecule has 3 heterocycles. The molecule has 1 amide bonds. The number of fused-ring (bicyclic) bond motifs is 1. The van der Waals surface area contributed by atoms with Crippen molar-refractivity contribution in [3.8, 4) is 5.75 Å². The number of amides is 1. The van der Waals surface area contributed by atoms with E-state index in [0.29, 0.717) is 23.5 Å². The van der Waals surface area contributed by atoms with Gasteiger partial charge < -0.3 is 10.1 Å². The lowest BCUT2D eigenvalue weighted by Crippen LogP contribution is -2.44. The van der Waals surface area contributed by atoms with Crippen LogP contribution in [0.25, 0.3) is 5.65 Å². The summed E-state index contributed by atoms with van der Waals surface area (Å²) in [5, 5.41) is 3.24. The standard InChI is InChI=1S/C23H28N4O2/c1-3-19-21(27-13-7-10-20(29-2)22(27)25-19)23(28)24-18-11-14-26(15-12-18)16-17-8-5-4-6-9-17/h4-10,13,18H,3,11-12,14-16H2,1-2H3,(H,24,28). The second-order valence-electron chi connectivity index (χ2n) is 7.54. The number of benzene rings is 1. The fourth-order valence-corrected chi connectivity index (χ4v) is 4.07. The minimum atomic E-state index is -0.0517. The Kier molecular flexibility index (Phi) is 5.81. The van der Waals surface area contributed by atoms with Crippen LogP contribution in [-0.2, 0) is 13.0 Å². The molecule has 0 bridgehead atoms. The van der Waals surface area contributed by atoms with Crippen molar-refractivity contribution in [3.05, 3.63) is 65.6 Å². The number of ether oxygens (including phenoxy) is 1. The van der Waals surface area contributed by atoms with Gasteiger partial charge in [0.05, 0.1) is 12.8 Å². The van der Waals surface area contributed by atoms with Gasteiger partial charge in [0.15, 0.2) is 11.4 Å². The molecule has 1 saturated heterocycles. The van der Waals surface area contributed by atoms with Gasteiger partial charge in [0.25, 0.3) is 5.91 Å². The SMILES string of the molecule is CCc1nc2c(OC)cccn2c1C(=O)NC1CCN(Cc2ccccc2)CC1. The number of methoxy groups -OCH3 is 1. The molecule has 0 radical (unpaired) electrons. The number of hydrogen-bond acceptors (Lipinski definition) is 4. The summed E-state index contributed by atoms with van der Waals surface area (Å²) in [7, 11) is 1.62. The maximum absolute atomic E-state index is 13.1. The van der Waals surface area contributed by atoms with Gasteiger partial charge in [0.2, 0.25) is 0 Å². The molecule has 3 aromatic rings. The molecule has 2 aromatic heterocycles. The molecule has 0 saturated carbocycles. The van der Waals surface area contributed by atoms with Gasteiger partial charge in [-0.1, -0.05) is 37.3 Å². The van der Waals surface area contributed by atoms with E-state index in [0.717, 1.165) is 38.2 Å². The smallest absolute Gasteiger partial charge is 0.270 e. The molecular weight excluding hydrogens is 364 g/mol. The van der Waals surface area contributed by atoms with Crippen molar-refractivity contribution in [1.82, 2.24) is 19.6 Å². The maximum Gasteiger partial charge on any atom is 0.270 e. The van der Waals surface area contributed by atoms with E-state index in [1.54, 1.807) is 7.11 Å². The van der Waals surface area contributed by atoms with Crippen LogP contribution in [0.15, 0.2) is 48.7 Å². The molecule has 1 N–H and O–H groups in total. The number of rotatable bonds is 6. The van der Waals surface area contributed by atoms with Crippen molar-refractivity contribution in [1.29, 1.82) is 0 Å². The van der Waals surface area contributed by atoms with Gasteiger partial charge >= 0.3 is 0 Å². The highest BCUT2D eigenvalue weighted by molar-refractivity contribution is 5.95. The van der Waals surface area contributed by atoms with Gasteiger partial charge in [-0.2, -0.15) is 0 Å². The van der Waals surface area contributed by atoms with Crippen LogP contribution in [0.4, 0.5) is 0 Å². The highest BCUT2D eigenvalue weighted by Gasteiger charge is 2.25. The Labute approximate surface area is 171 Å². The Balaban J connectivity index is 1.43. The molecule has 6 nitrogen and oxygen atoms in total. The Morgan fingerprint density at radius 1 is 1.17 bits per heavy atom. The monoisotopic (exact) mass is 392 g/mol. The summed E-state index contributed by atoms with van der Waals surface area (Å²) in [6.45, 7) is 4.96. The number of likely N-dealkylation sites (tertiary alicyclic amines) is 1. The minimum absolute atomic E-state index is 0.0517. The van der Waals surface area contributed by atoms with Crippen molar-refractivity contribution in [2.24, 2.45) is 0 Å². The predicted octanol–water partition coefficient (Wildman–Crippen LogP) is 3.30. The van der Waals surface area contributed by atoms with Crippen LogP contribution in [0.5, 0.6) is 5.75 Å². The summed E-state index contributed by atoms with van der Waals surface area (Å²) >= 11 is 0. The summed E-state index contributed by atoms with van der Waals surface area (Å²) in [6.07, 6.45) is 4.49. The molecule has 0 atom stereocenters. The molecule has 29 heavy (non-hydrogen) atoms. The van der Waals surface area contributed by atoms with Crippen LogP contribution in [-0.4, -0.2) is 46.4 Å². The number of aromatic nitrogens is 2. The summed E-state index contributed by atoms with van der Waals surface area (Å²) in [5.41, 5.74) is 3.44. The number of hydrogen-bond donors (Lipinski definition) is 1. The van der Waals surface area contributed by atoms with Crippen molar-refractivity contribution in [3.63, 3.8) is 0 Å². The number of nitrogens with one attached hydrogen (secondary N) is 1. The molecule has 1 aliphatic heterocycles. The Hall–Kier alpha value is -2.86. The Morgan fingerprint density at radius 2 is 1.93 bits per heavy atom. The topological polar surface area (TPSA) is 58.9 Å². The zero-order valence-electron chi connectivity index (χ0n) is 17.1. The average Bonchev–Trinajstić information content (AvgIpc) is 3.15. The number of nitrogens with zero attached hydrogens (tertiary/aromatic N) is 3. The second kappa shape index (κ2) is 8.66. The van der Waals surface area contributed by atoms with Crippen LogP contribution in [0.2, 0.25) is 0 Å². The van der Waals surface area contributed by atoms with E-state index >= 15 is 0 Å². The third kappa shape index (κ3) is 4.12. The average molecular weight is 393 g/mol. The highest BCUT2D eigenvalue weighted by Crippen LogP contribution is 2.23. The van der Waals surface area contributed by atoms with E-state index < -0.39 is 0 Å². The number of imidazole rings is 1. The van der Waals surface area contributed by atoms with Crippen molar-refractivity contribution in [2.75, 3.05) is 20.2 Å². The van der Waals surface area contributed by atoms with Crippen molar-refractivity contribution < 1.29 is 9.53 Å². The summed E-state index contributed by atoms with van der Waals surface area (Å²) < 4.78 is 7.25. The van der Waals surface area contributed by atoms with Gasteiger partial charge in [0.1, 0.15) is 5.69 Å².